The lowest BCUT2D eigenvalue weighted by Crippen LogP contribution is -2.27. The Bertz CT molecular complexity index is 436. The maximum Gasteiger partial charge on any atom is 0.472 e. The van der Waals surface area contributed by atoms with Crippen LogP contribution in [0.4, 0.5) is 0 Å². The molecule has 10 nitrogen and oxygen atoms in total. The van der Waals surface area contributed by atoms with Crippen LogP contribution in [0.5, 0.6) is 0 Å². The minimum Gasteiger partial charge on any atom is -0.475 e. The molecule has 1 unspecified atom stereocenters. The summed E-state index contributed by atoms with van der Waals surface area (Å²) in [7, 11) is -4.25. The molecular formula is C12H21O10P. The van der Waals surface area contributed by atoms with E-state index in [4.69, 9.17) is 9.84 Å². The molecule has 0 radical (unpaired) electrons. The van der Waals surface area contributed by atoms with Crippen molar-refractivity contribution in [2.24, 2.45) is 0 Å². The van der Waals surface area contributed by atoms with Gasteiger partial charge in [0.05, 0.1) is 26.4 Å². The number of aliphatic carboxylic acids is 1. The van der Waals surface area contributed by atoms with E-state index < -0.39 is 32.0 Å². The summed E-state index contributed by atoms with van der Waals surface area (Å²) >= 11 is 0. The highest BCUT2D eigenvalue weighted by atomic mass is 31.2. The first kappa shape index (κ1) is 21.8. The number of carboxylic acid groups (broad SMARTS) is 1. The third-order valence-electron chi connectivity index (χ3n) is 2.29. The maximum atomic E-state index is 11.4. The van der Waals surface area contributed by atoms with Crippen molar-refractivity contribution in [3.63, 3.8) is 0 Å². The van der Waals surface area contributed by atoms with Crippen LogP contribution in [0.3, 0.4) is 0 Å². The highest BCUT2D eigenvalue weighted by Crippen LogP contribution is 2.42. The Hall–Kier alpha value is -1.16. The van der Waals surface area contributed by atoms with E-state index in [9.17, 15) is 23.8 Å². The molecule has 0 aliphatic carbocycles. The average Bonchev–Trinajstić information content (AvgIpc) is 2.49. The van der Waals surface area contributed by atoms with Gasteiger partial charge in [0.2, 0.25) is 5.78 Å². The van der Waals surface area contributed by atoms with E-state index >= 15 is 0 Å². The Labute approximate surface area is 133 Å². The standard InChI is InChI=1S/C12H21O10P/c1-2-3-4-19-5-7-21-23(17,18)22-8-6-20-9-10(13)11(14)12(15)16/h2-9H2,1H3,(H,15,16)(H,17,18). The van der Waals surface area contributed by atoms with Crippen LogP contribution in [0.25, 0.3) is 0 Å². The second-order valence-electron chi connectivity index (χ2n) is 4.21. The van der Waals surface area contributed by atoms with Gasteiger partial charge in [0.15, 0.2) is 0 Å². The molecule has 2 N–H and O–H groups in total. The number of ether oxygens (including phenoxy) is 2. The molecule has 0 heterocycles. The summed E-state index contributed by atoms with van der Waals surface area (Å²) in [6.45, 7) is 1.14. The number of ketones is 2. The summed E-state index contributed by atoms with van der Waals surface area (Å²) in [6, 6.07) is 0. The van der Waals surface area contributed by atoms with E-state index in [0.717, 1.165) is 12.8 Å². The van der Waals surface area contributed by atoms with Gasteiger partial charge in [-0.1, -0.05) is 13.3 Å². The van der Waals surface area contributed by atoms with E-state index in [2.05, 4.69) is 13.8 Å². The molecule has 0 saturated heterocycles. The van der Waals surface area contributed by atoms with Crippen LogP contribution in [0.2, 0.25) is 0 Å². The fraction of sp³-hybridized carbons (Fsp3) is 0.750. The van der Waals surface area contributed by atoms with Crippen molar-refractivity contribution in [3.05, 3.63) is 0 Å². The topological polar surface area (TPSA) is 146 Å². The largest absolute Gasteiger partial charge is 0.475 e. The molecule has 0 fully saturated rings. The highest BCUT2D eigenvalue weighted by Gasteiger charge is 2.22. The molecule has 0 aliphatic rings. The monoisotopic (exact) mass is 356 g/mol. The Morgan fingerprint density at radius 3 is 2.04 bits per heavy atom. The molecular weight excluding hydrogens is 335 g/mol. The van der Waals surface area contributed by atoms with Gasteiger partial charge in [-0.3, -0.25) is 18.6 Å². The van der Waals surface area contributed by atoms with Crippen molar-refractivity contribution in [1.29, 1.82) is 0 Å². The molecule has 1 atom stereocenters. The molecule has 0 aromatic carbocycles. The number of carbonyl (C=O) groups excluding carboxylic acids is 2. The molecule has 0 aromatic rings. The third kappa shape index (κ3) is 12.0. The third-order valence-corrected chi connectivity index (χ3v) is 3.30. The number of phosphoric acid groups is 1. The molecule has 0 aromatic heterocycles. The maximum absolute atomic E-state index is 11.4. The molecule has 0 amide bonds. The van der Waals surface area contributed by atoms with E-state index in [0.29, 0.717) is 6.61 Å². The van der Waals surface area contributed by atoms with Crippen LogP contribution in [0.15, 0.2) is 0 Å². The molecule has 0 aliphatic heterocycles. The fourth-order valence-corrected chi connectivity index (χ4v) is 1.84. The number of Topliss-reactive ketones (excluding diaryl/α,β-unsaturated/α-hetero) is 2. The zero-order valence-electron chi connectivity index (χ0n) is 12.8. The Morgan fingerprint density at radius 2 is 1.52 bits per heavy atom. The number of carboxylic acids is 1. The van der Waals surface area contributed by atoms with Gasteiger partial charge in [0, 0.05) is 6.61 Å². The summed E-state index contributed by atoms with van der Waals surface area (Å²) in [5, 5.41) is 8.26. The number of unbranched alkanes of at least 4 members (excludes halogenated alkanes) is 1. The molecule has 134 valence electrons. The van der Waals surface area contributed by atoms with Crippen molar-refractivity contribution in [2.75, 3.05) is 39.6 Å². The molecule has 0 saturated carbocycles. The summed E-state index contributed by atoms with van der Waals surface area (Å²) in [5.74, 6) is -4.69. The normalized spacial score (nSPS) is 13.5. The molecule has 0 spiro atoms. The van der Waals surface area contributed by atoms with Gasteiger partial charge in [0.25, 0.3) is 0 Å². The van der Waals surface area contributed by atoms with E-state index in [1.807, 2.05) is 6.92 Å². The van der Waals surface area contributed by atoms with Crippen LogP contribution < -0.4 is 0 Å². The van der Waals surface area contributed by atoms with Gasteiger partial charge in [-0.25, -0.2) is 9.36 Å². The van der Waals surface area contributed by atoms with Crippen LogP contribution in [0.1, 0.15) is 19.8 Å². The number of rotatable bonds is 15. The van der Waals surface area contributed by atoms with Crippen molar-refractivity contribution in [3.8, 4) is 0 Å². The summed E-state index contributed by atoms with van der Waals surface area (Å²) in [4.78, 5) is 41.1. The van der Waals surface area contributed by atoms with Crippen LogP contribution in [-0.2, 0) is 37.5 Å². The van der Waals surface area contributed by atoms with E-state index in [-0.39, 0.29) is 26.4 Å². The van der Waals surface area contributed by atoms with Crippen molar-refractivity contribution in [2.45, 2.75) is 19.8 Å². The first-order valence-corrected chi connectivity index (χ1v) is 8.37. The Kier molecular flexibility index (Phi) is 11.7. The Morgan fingerprint density at radius 1 is 0.957 bits per heavy atom. The molecule has 23 heavy (non-hydrogen) atoms. The zero-order chi connectivity index (χ0) is 17.7. The number of hydrogen-bond donors (Lipinski definition) is 2. The van der Waals surface area contributed by atoms with E-state index in [1.165, 1.54) is 0 Å². The summed E-state index contributed by atoms with van der Waals surface area (Å²) in [5.41, 5.74) is 0. The smallest absolute Gasteiger partial charge is 0.472 e. The predicted molar refractivity (Wildman–Crippen MR) is 75.9 cm³/mol. The predicted octanol–water partition coefficient (Wildman–Crippen LogP) is 0.176. The number of hydrogen-bond acceptors (Lipinski definition) is 8. The number of phosphoric ester groups is 1. The van der Waals surface area contributed by atoms with Gasteiger partial charge >= 0.3 is 19.6 Å². The SMILES string of the molecule is CCCCOCCOP(=O)(O)OCCOCC(=O)C(=O)C(=O)O. The highest BCUT2D eigenvalue weighted by molar-refractivity contribution is 7.47. The first-order valence-electron chi connectivity index (χ1n) is 6.88. The minimum atomic E-state index is -4.25. The van der Waals surface area contributed by atoms with Crippen molar-refractivity contribution in [1.82, 2.24) is 0 Å². The molecule has 0 bridgehead atoms. The minimum absolute atomic E-state index is 0.121. The lowest BCUT2D eigenvalue weighted by molar-refractivity contribution is -0.154. The van der Waals surface area contributed by atoms with Crippen molar-refractivity contribution < 1.29 is 47.5 Å². The molecule has 0 rings (SSSR count). The van der Waals surface area contributed by atoms with Crippen LogP contribution >= 0.6 is 7.82 Å². The lowest BCUT2D eigenvalue weighted by atomic mass is 10.3. The summed E-state index contributed by atoms with van der Waals surface area (Å²) < 4.78 is 30.3. The van der Waals surface area contributed by atoms with Crippen LogP contribution in [0, 0.1) is 0 Å². The average molecular weight is 356 g/mol. The van der Waals surface area contributed by atoms with Gasteiger partial charge in [-0.15, -0.1) is 0 Å². The second kappa shape index (κ2) is 12.3. The van der Waals surface area contributed by atoms with Gasteiger partial charge < -0.3 is 19.5 Å². The fourth-order valence-electron chi connectivity index (χ4n) is 1.16. The van der Waals surface area contributed by atoms with Gasteiger partial charge in [-0.2, -0.15) is 0 Å². The lowest BCUT2D eigenvalue weighted by Gasteiger charge is -2.12. The second-order valence-corrected chi connectivity index (χ2v) is 5.66. The van der Waals surface area contributed by atoms with Gasteiger partial charge in [-0.05, 0) is 6.42 Å². The van der Waals surface area contributed by atoms with Gasteiger partial charge in [0.1, 0.15) is 6.61 Å². The number of carbonyl (C=O) groups is 3. The van der Waals surface area contributed by atoms with E-state index in [1.54, 1.807) is 0 Å². The van der Waals surface area contributed by atoms with Crippen molar-refractivity contribution >= 4 is 25.4 Å². The zero-order valence-corrected chi connectivity index (χ0v) is 13.7. The Balaban J connectivity index is 3.70. The van der Waals surface area contributed by atoms with Crippen LogP contribution in [-0.4, -0.2) is 67.2 Å². The quantitative estimate of drug-likeness (QED) is 0.180. The molecule has 11 heteroatoms. The summed E-state index contributed by atoms with van der Waals surface area (Å²) in [6.07, 6.45) is 1.86. The first-order chi connectivity index (χ1) is 10.8.